The minimum atomic E-state index is -1.25. The highest BCUT2D eigenvalue weighted by atomic mass is 19.1. The smallest absolute Gasteiger partial charge is 0.326 e. The molecule has 0 aliphatic carbocycles. The minimum Gasteiger partial charge on any atom is -0.480 e. The van der Waals surface area contributed by atoms with E-state index in [1.807, 2.05) is 13.8 Å². The van der Waals surface area contributed by atoms with Gasteiger partial charge in [0.05, 0.1) is 6.42 Å². The van der Waals surface area contributed by atoms with Gasteiger partial charge in [0, 0.05) is 6.42 Å². The lowest BCUT2D eigenvalue weighted by Gasteiger charge is -2.14. The van der Waals surface area contributed by atoms with Gasteiger partial charge >= 0.3 is 5.97 Å². The van der Waals surface area contributed by atoms with Gasteiger partial charge in [0.1, 0.15) is 11.9 Å². The molecule has 0 aliphatic rings. The lowest BCUT2D eigenvalue weighted by Crippen LogP contribution is -2.42. The molecular formula is C16H21FN2O4. The van der Waals surface area contributed by atoms with Gasteiger partial charge in [0.15, 0.2) is 0 Å². The third-order valence-electron chi connectivity index (χ3n) is 3.36. The summed E-state index contributed by atoms with van der Waals surface area (Å²) < 4.78 is 13.9. The number of amides is 2. The molecule has 0 fully saturated rings. The predicted molar refractivity (Wildman–Crippen MR) is 82.2 cm³/mol. The number of rotatable bonds is 8. The number of primary amides is 1. The van der Waals surface area contributed by atoms with Crippen molar-refractivity contribution < 1.29 is 23.9 Å². The van der Waals surface area contributed by atoms with Gasteiger partial charge in [0.2, 0.25) is 11.8 Å². The predicted octanol–water partition coefficient (Wildman–Crippen LogP) is 1.33. The first-order chi connectivity index (χ1) is 10.7. The van der Waals surface area contributed by atoms with Gasteiger partial charge in [-0.05, 0) is 29.5 Å². The highest BCUT2D eigenvalue weighted by Gasteiger charge is 2.20. The zero-order valence-electron chi connectivity index (χ0n) is 13.1. The Hall–Kier alpha value is -2.44. The normalized spacial score (nSPS) is 12.0. The number of hydrogen-bond acceptors (Lipinski definition) is 3. The Bertz CT molecular complexity index is 602. The Morgan fingerprint density at radius 3 is 2.43 bits per heavy atom. The quantitative estimate of drug-likeness (QED) is 0.670. The van der Waals surface area contributed by atoms with Gasteiger partial charge < -0.3 is 16.2 Å². The fourth-order valence-electron chi connectivity index (χ4n) is 2.12. The molecule has 0 bridgehead atoms. The summed E-state index contributed by atoms with van der Waals surface area (Å²) in [5.74, 6) is -2.81. The van der Waals surface area contributed by atoms with Crippen molar-refractivity contribution in [2.24, 2.45) is 5.73 Å². The van der Waals surface area contributed by atoms with Gasteiger partial charge in [-0.2, -0.15) is 0 Å². The molecule has 4 N–H and O–H groups in total. The monoisotopic (exact) mass is 324 g/mol. The zero-order chi connectivity index (χ0) is 17.6. The standard InChI is InChI=1S/C16H21FN2O4/c1-9(2)11-4-3-10(7-12(11)17)8-15(21)19-13(16(22)23)5-6-14(18)20/h3-4,7,9,13H,5-6,8H2,1-2H3,(H2,18,20)(H,19,21)(H,22,23)/t13-/m0/s1. The molecule has 0 spiro atoms. The summed E-state index contributed by atoms with van der Waals surface area (Å²) in [6, 6.07) is 3.32. The second kappa shape index (κ2) is 8.26. The van der Waals surface area contributed by atoms with E-state index in [1.165, 1.54) is 6.07 Å². The van der Waals surface area contributed by atoms with E-state index < -0.39 is 29.6 Å². The minimum absolute atomic E-state index is 0.0306. The van der Waals surface area contributed by atoms with Crippen LogP contribution in [-0.2, 0) is 20.8 Å². The largest absolute Gasteiger partial charge is 0.480 e. The molecule has 0 aliphatic heterocycles. The number of carbonyl (C=O) groups is 3. The third kappa shape index (κ3) is 6.06. The van der Waals surface area contributed by atoms with Crippen LogP contribution in [0, 0.1) is 5.82 Å². The Balaban J connectivity index is 2.69. The Morgan fingerprint density at radius 1 is 1.30 bits per heavy atom. The SMILES string of the molecule is CC(C)c1ccc(CC(=O)N[C@@H](CCC(N)=O)C(=O)O)cc1F. The molecule has 0 saturated carbocycles. The van der Waals surface area contributed by atoms with Crippen molar-refractivity contribution in [3.8, 4) is 0 Å². The molecule has 1 aromatic rings. The number of nitrogens with one attached hydrogen (secondary N) is 1. The van der Waals surface area contributed by atoms with Crippen LogP contribution >= 0.6 is 0 Å². The fraction of sp³-hybridized carbons (Fsp3) is 0.438. The van der Waals surface area contributed by atoms with Crippen LogP contribution in [0.3, 0.4) is 0 Å². The number of carbonyl (C=O) groups excluding carboxylic acids is 2. The van der Waals surface area contributed by atoms with Crippen molar-refractivity contribution in [3.63, 3.8) is 0 Å². The molecule has 126 valence electrons. The second-order valence-corrected chi connectivity index (χ2v) is 5.65. The van der Waals surface area contributed by atoms with Gasteiger partial charge in [0.25, 0.3) is 0 Å². The number of aliphatic carboxylic acids is 1. The lowest BCUT2D eigenvalue weighted by molar-refractivity contribution is -0.142. The first kappa shape index (κ1) is 18.6. The number of carboxylic acids is 1. The first-order valence-corrected chi connectivity index (χ1v) is 7.29. The van der Waals surface area contributed by atoms with Crippen molar-refractivity contribution in [1.82, 2.24) is 5.32 Å². The van der Waals surface area contributed by atoms with Crippen LogP contribution in [0.5, 0.6) is 0 Å². The average molecular weight is 324 g/mol. The van der Waals surface area contributed by atoms with Crippen LogP contribution < -0.4 is 11.1 Å². The molecule has 1 aromatic carbocycles. The topological polar surface area (TPSA) is 109 Å². The summed E-state index contributed by atoms with van der Waals surface area (Å²) in [6.07, 6.45) is -0.373. The summed E-state index contributed by atoms with van der Waals surface area (Å²) in [7, 11) is 0. The maximum atomic E-state index is 13.9. The summed E-state index contributed by atoms with van der Waals surface area (Å²) >= 11 is 0. The maximum absolute atomic E-state index is 13.9. The van der Waals surface area contributed by atoms with Gasteiger partial charge in [-0.3, -0.25) is 9.59 Å². The molecule has 0 heterocycles. The van der Waals surface area contributed by atoms with Crippen LogP contribution in [-0.4, -0.2) is 28.9 Å². The number of carboxylic acid groups (broad SMARTS) is 1. The molecule has 6 nitrogen and oxygen atoms in total. The van der Waals surface area contributed by atoms with Crippen LogP contribution in [0.1, 0.15) is 43.7 Å². The van der Waals surface area contributed by atoms with E-state index in [9.17, 15) is 18.8 Å². The van der Waals surface area contributed by atoms with Crippen LogP contribution in [0.15, 0.2) is 18.2 Å². The number of nitrogens with two attached hydrogens (primary N) is 1. The molecule has 7 heteroatoms. The number of hydrogen-bond donors (Lipinski definition) is 3. The number of halogens is 1. The second-order valence-electron chi connectivity index (χ2n) is 5.65. The van der Waals surface area contributed by atoms with Crippen molar-refractivity contribution in [2.75, 3.05) is 0 Å². The molecule has 0 aromatic heterocycles. The van der Waals surface area contributed by atoms with E-state index in [2.05, 4.69) is 5.32 Å². The highest BCUT2D eigenvalue weighted by Crippen LogP contribution is 2.19. The van der Waals surface area contributed by atoms with Crippen molar-refractivity contribution in [2.45, 2.75) is 45.1 Å². The molecule has 0 radical (unpaired) electrons. The molecule has 1 atom stereocenters. The summed E-state index contributed by atoms with van der Waals surface area (Å²) in [5, 5.41) is 11.3. The Morgan fingerprint density at radius 2 is 1.96 bits per heavy atom. The zero-order valence-corrected chi connectivity index (χ0v) is 13.1. The molecule has 2 amide bonds. The van der Waals surface area contributed by atoms with E-state index in [4.69, 9.17) is 10.8 Å². The van der Waals surface area contributed by atoms with E-state index in [1.54, 1.807) is 12.1 Å². The summed E-state index contributed by atoms with van der Waals surface area (Å²) in [5.41, 5.74) is 5.97. The van der Waals surface area contributed by atoms with Crippen LogP contribution in [0.4, 0.5) is 4.39 Å². The summed E-state index contributed by atoms with van der Waals surface area (Å²) in [6.45, 7) is 3.72. The van der Waals surface area contributed by atoms with Crippen molar-refractivity contribution in [1.29, 1.82) is 0 Å². The van der Waals surface area contributed by atoms with E-state index in [0.29, 0.717) is 11.1 Å². The maximum Gasteiger partial charge on any atom is 0.326 e. The van der Waals surface area contributed by atoms with E-state index >= 15 is 0 Å². The molecule has 1 rings (SSSR count). The Kier molecular flexibility index (Phi) is 6.68. The van der Waals surface area contributed by atoms with E-state index in [-0.39, 0.29) is 25.2 Å². The van der Waals surface area contributed by atoms with Gasteiger partial charge in [-0.15, -0.1) is 0 Å². The van der Waals surface area contributed by atoms with Crippen LogP contribution in [0.25, 0.3) is 0 Å². The molecule has 0 unspecified atom stereocenters. The van der Waals surface area contributed by atoms with Crippen molar-refractivity contribution >= 4 is 17.8 Å². The van der Waals surface area contributed by atoms with Crippen LogP contribution in [0.2, 0.25) is 0 Å². The Labute approximate surface area is 133 Å². The average Bonchev–Trinajstić information content (AvgIpc) is 2.42. The molecule has 0 saturated heterocycles. The van der Waals surface area contributed by atoms with Gasteiger partial charge in [-0.25, -0.2) is 9.18 Å². The molecular weight excluding hydrogens is 303 g/mol. The fourth-order valence-corrected chi connectivity index (χ4v) is 2.12. The highest BCUT2D eigenvalue weighted by molar-refractivity contribution is 5.85. The lowest BCUT2D eigenvalue weighted by atomic mass is 10.00. The summed E-state index contributed by atoms with van der Waals surface area (Å²) in [4.78, 5) is 33.6. The first-order valence-electron chi connectivity index (χ1n) is 7.29. The van der Waals surface area contributed by atoms with Gasteiger partial charge in [-0.1, -0.05) is 26.0 Å². The van der Waals surface area contributed by atoms with Crippen molar-refractivity contribution in [3.05, 3.63) is 35.1 Å². The molecule has 23 heavy (non-hydrogen) atoms. The van der Waals surface area contributed by atoms with E-state index in [0.717, 1.165) is 0 Å². The third-order valence-corrected chi connectivity index (χ3v) is 3.36. The number of benzene rings is 1.